The predicted octanol–water partition coefficient (Wildman–Crippen LogP) is 6.16. The topological polar surface area (TPSA) is 40.5 Å². The molecule has 0 bridgehead atoms. The van der Waals surface area contributed by atoms with Crippen LogP contribution in [0.3, 0.4) is 0 Å². The van der Waals surface area contributed by atoms with Crippen LogP contribution in [0.5, 0.6) is 0 Å². The Balaban J connectivity index is 1.81. The number of carbonyl (C=O) groups excluding carboxylic acids is 1. The van der Waals surface area contributed by atoms with E-state index in [1.165, 1.54) is 0 Å². The van der Waals surface area contributed by atoms with Crippen molar-refractivity contribution in [3.63, 3.8) is 0 Å². The van der Waals surface area contributed by atoms with Crippen LogP contribution in [0.4, 0.5) is 0 Å². The first-order valence-electron chi connectivity index (χ1n) is 8.84. The Morgan fingerprint density at radius 1 is 0.964 bits per heavy atom. The molecule has 3 aromatic carbocycles. The van der Waals surface area contributed by atoms with Crippen molar-refractivity contribution in [2.45, 2.75) is 12.6 Å². The maximum atomic E-state index is 13.0. The molecule has 5 heteroatoms. The van der Waals surface area contributed by atoms with Crippen molar-refractivity contribution in [1.29, 1.82) is 0 Å². The van der Waals surface area contributed by atoms with E-state index in [-0.39, 0.29) is 17.7 Å². The van der Waals surface area contributed by atoms with Crippen LogP contribution in [-0.2, 0) is 11.3 Å². The second-order valence-electron chi connectivity index (χ2n) is 6.65. The zero-order valence-corrected chi connectivity index (χ0v) is 17.2. The average molecular weight is 455 g/mol. The molecule has 1 amide bonds. The average Bonchev–Trinajstić information content (AvgIpc) is 2.95. The minimum atomic E-state index is -0.386. The van der Waals surface area contributed by atoms with E-state index < -0.39 is 0 Å². The molecule has 1 heterocycles. The smallest absolute Gasteiger partial charge is 0.290 e. The lowest BCUT2D eigenvalue weighted by Gasteiger charge is -2.27. The summed E-state index contributed by atoms with van der Waals surface area (Å²) in [4.78, 5) is 14.7. The number of nitrogens with zero attached hydrogens (tertiary/aromatic N) is 1. The molecule has 3 aromatic rings. The maximum Gasteiger partial charge on any atom is 0.290 e. The van der Waals surface area contributed by atoms with Gasteiger partial charge in [0.2, 0.25) is 0 Å². The van der Waals surface area contributed by atoms with Gasteiger partial charge in [0.15, 0.2) is 5.76 Å². The summed E-state index contributed by atoms with van der Waals surface area (Å²) in [5, 5.41) is 11.4. The SMILES string of the molecule is O=C1C(O)=C(c2ccccc2)[C@@H](c2cccc(Br)c2)N1Cc1ccc(Cl)cc1. The summed E-state index contributed by atoms with van der Waals surface area (Å²) in [6.07, 6.45) is 0. The standard InChI is InChI=1S/C23H17BrClNO2/c24-18-8-4-7-17(13-18)21-20(16-5-2-1-3-6-16)22(27)23(28)26(21)14-15-9-11-19(25)12-10-15/h1-13,21,27H,14H2/t21-/m1/s1. The van der Waals surface area contributed by atoms with Gasteiger partial charge in [0.05, 0.1) is 6.04 Å². The summed E-state index contributed by atoms with van der Waals surface area (Å²) in [6, 6.07) is 24.4. The third-order valence-electron chi connectivity index (χ3n) is 4.82. The molecular weight excluding hydrogens is 438 g/mol. The van der Waals surface area contributed by atoms with Crippen molar-refractivity contribution in [2.75, 3.05) is 0 Å². The minimum Gasteiger partial charge on any atom is -0.503 e. The van der Waals surface area contributed by atoms with Crippen LogP contribution in [0.25, 0.3) is 5.57 Å². The Bertz CT molecular complexity index is 1050. The molecule has 0 unspecified atom stereocenters. The molecule has 1 atom stereocenters. The fraction of sp³-hybridized carbons (Fsp3) is 0.0870. The van der Waals surface area contributed by atoms with Crippen molar-refractivity contribution >= 4 is 39.0 Å². The number of benzene rings is 3. The monoisotopic (exact) mass is 453 g/mol. The Morgan fingerprint density at radius 3 is 2.36 bits per heavy atom. The Hall–Kier alpha value is -2.56. The normalized spacial score (nSPS) is 16.7. The largest absolute Gasteiger partial charge is 0.503 e. The Kier molecular flexibility index (Phi) is 5.25. The molecule has 0 saturated heterocycles. The number of hydrogen-bond acceptors (Lipinski definition) is 2. The van der Waals surface area contributed by atoms with Gasteiger partial charge >= 0.3 is 0 Å². The maximum absolute atomic E-state index is 13.0. The number of hydrogen-bond donors (Lipinski definition) is 1. The van der Waals surface area contributed by atoms with Gasteiger partial charge in [-0.2, -0.15) is 0 Å². The highest BCUT2D eigenvalue weighted by atomic mass is 79.9. The van der Waals surface area contributed by atoms with Crippen LogP contribution < -0.4 is 0 Å². The van der Waals surface area contributed by atoms with Crippen LogP contribution in [-0.4, -0.2) is 15.9 Å². The van der Waals surface area contributed by atoms with Crippen molar-refractivity contribution < 1.29 is 9.90 Å². The van der Waals surface area contributed by atoms with Gasteiger partial charge in [-0.05, 0) is 41.0 Å². The van der Waals surface area contributed by atoms with Crippen LogP contribution in [0.2, 0.25) is 5.02 Å². The molecular formula is C23H17BrClNO2. The predicted molar refractivity (Wildman–Crippen MR) is 115 cm³/mol. The molecule has 1 aliphatic heterocycles. The lowest BCUT2D eigenvalue weighted by Crippen LogP contribution is -2.29. The van der Waals surface area contributed by atoms with Crippen molar-refractivity contribution in [3.8, 4) is 0 Å². The highest BCUT2D eigenvalue weighted by Crippen LogP contribution is 2.44. The first-order chi connectivity index (χ1) is 13.5. The molecule has 0 aromatic heterocycles. The Labute approximate surface area is 177 Å². The van der Waals surface area contributed by atoms with E-state index >= 15 is 0 Å². The lowest BCUT2D eigenvalue weighted by atomic mass is 9.93. The van der Waals surface area contributed by atoms with Gasteiger partial charge in [-0.25, -0.2) is 0 Å². The highest BCUT2D eigenvalue weighted by Gasteiger charge is 2.40. The summed E-state index contributed by atoms with van der Waals surface area (Å²) in [6.45, 7) is 0.369. The Morgan fingerprint density at radius 2 is 1.68 bits per heavy atom. The molecule has 0 fully saturated rings. The van der Waals surface area contributed by atoms with Crippen LogP contribution in [0.15, 0.2) is 89.1 Å². The molecule has 0 spiro atoms. The van der Waals surface area contributed by atoms with E-state index in [9.17, 15) is 9.90 Å². The number of amides is 1. The molecule has 1 N–H and O–H groups in total. The number of carbonyl (C=O) groups is 1. The first-order valence-corrected chi connectivity index (χ1v) is 10.0. The summed E-state index contributed by atoms with van der Waals surface area (Å²) in [5.74, 6) is -0.580. The van der Waals surface area contributed by atoms with Crippen molar-refractivity contribution in [2.24, 2.45) is 0 Å². The minimum absolute atomic E-state index is 0.204. The highest BCUT2D eigenvalue weighted by molar-refractivity contribution is 9.10. The van der Waals surface area contributed by atoms with Gasteiger partial charge < -0.3 is 10.0 Å². The van der Waals surface area contributed by atoms with Crippen LogP contribution in [0.1, 0.15) is 22.7 Å². The zero-order chi connectivity index (χ0) is 19.7. The molecule has 3 nitrogen and oxygen atoms in total. The van der Waals surface area contributed by atoms with E-state index in [4.69, 9.17) is 11.6 Å². The molecule has 1 aliphatic rings. The second kappa shape index (κ2) is 7.82. The van der Waals surface area contributed by atoms with E-state index in [1.807, 2.05) is 66.7 Å². The fourth-order valence-electron chi connectivity index (χ4n) is 3.54. The third-order valence-corrected chi connectivity index (χ3v) is 5.56. The molecule has 0 saturated carbocycles. The number of aliphatic hydroxyl groups is 1. The third kappa shape index (κ3) is 3.58. The van der Waals surface area contributed by atoms with Crippen LogP contribution >= 0.6 is 27.5 Å². The zero-order valence-electron chi connectivity index (χ0n) is 14.8. The van der Waals surface area contributed by atoms with E-state index in [0.29, 0.717) is 17.1 Å². The van der Waals surface area contributed by atoms with Crippen molar-refractivity contribution in [1.82, 2.24) is 4.90 Å². The second-order valence-corrected chi connectivity index (χ2v) is 8.00. The van der Waals surface area contributed by atoms with Gasteiger partial charge in [0.1, 0.15) is 0 Å². The summed E-state index contributed by atoms with van der Waals surface area (Å²) in [5.41, 5.74) is 3.33. The van der Waals surface area contributed by atoms with Crippen LogP contribution in [0, 0.1) is 0 Å². The first kappa shape index (κ1) is 18.8. The quantitative estimate of drug-likeness (QED) is 0.513. The fourth-order valence-corrected chi connectivity index (χ4v) is 4.08. The number of rotatable bonds is 4. The van der Waals surface area contributed by atoms with E-state index in [0.717, 1.165) is 21.2 Å². The summed E-state index contributed by atoms with van der Waals surface area (Å²) < 4.78 is 0.919. The number of halogens is 2. The van der Waals surface area contributed by atoms with E-state index in [1.54, 1.807) is 17.0 Å². The molecule has 0 aliphatic carbocycles. The van der Waals surface area contributed by atoms with Crippen molar-refractivity contribution in [3.05, 3.63) is 111 Å². The van der Waals surface area contributed by atoms with Gasteiger partial charge in [-0.15, -0.1) is 0 Å². The lowest BCUT2D eigenvalue weighted by molar-refractivity contribution is -0.130. The van der Waals surface area contributed by atoms with Gasteiger partial charge in [0, 0.05) is 21.6 Å². The summed E-state index contributed by atoms with van der Waals surface area (Å²) in [7, 11) is 0. The van der Waals surface area contributed by atoms with E-state index in [2.05, 4.69) is 15.9 Å². The number of aliphatic hydroxyl groups excluding tert-OH is 1. The molecule has 4 rings (SSSR count). The summed E-state index contributed by atoms with van der Waals surface area (Å²) >= 11 is 9.51. The molecule has 0 radical (unpaired) electrons. The van der Waals surface area contributed by atoms with Gasteiger partial charge in [-0.3, -0.25) is 4.79 Å². The molecule has 140 valence electrons. The molecule has 28 heavy (non-hydrogen) atoms. The van der Waals surface area contributed by atoms with Gasteiger partial charge in [-0.1, -0.05) is 82.1 Å². The van der Waals surface area contributed by atoms with Gasteiger partial charge in [0.25, 0.3) is 5.91 Å².